The summed E-state index contributed by atoms with van der Waals surface area (Å²) in [7, 11) is -0.445. The number of hydrogen-bond donors (Lipinski definition) is 0. The normalized spacial score (nSPS) is 19.8. The molecule has 158 valence electrons. The molecule has 2 amide bonds. The largest absolute Gasteiger partial charge is 0.493 e. The number of carbonyl (C=O) groups excluding carboxylic acids is 2. The Morgan fingerprint density at radius 1 is 1.03 bits per heavy atom. The van der Waals surface area contributed by atoms with Crippen molar-refractivity contribution in [1.29, 1.82) is 0 Å². The number of amides is 2. The molecule has 1 aromatic rings. The molecule has 2 heterocycles. The lowest BCUT2D eigenvalue weighted by molar-refractivity contribution is 0.0141. The Balaban J connectivity index is 1.58. The fourth-order valence-corrected chi connectivity index (χ4v) is 3.30. The summed E-state index contributed by atoms with van der Waals surface area (Å²) >= 11 is 0. The van der Waals surface area contributed by atoms with E-state index in [1.165, 1.54) is 0 Å². The van der Waals surface area contributed by atoms with Crippen LogP contribution < -0.4 is 5.46 Å². The highest BCUT2D eigenvalue weighted by atomic mass is 16.6. The van der Waals surface area contributed by atoms with E-state index in [1.807, 2.05) is 39.0 Å². The van der Waals surface area contributed by atoms with Crippen molar-refractivity contribution in [2.75, 3.05) is 39.4 Å². The van der Waals surface area contributed by atoms with Crippen LogP contribution in [0.15, 0.2) is 24.3 Å². The molecular formula is C21H31BN2O5. The van der Waals surface area contributed by atoms with Crippen molar-refractivity contribution in [1.82, 2.24) is 9.80 Å². The molecule has 0 spiro atoms. The average Bonchev–Trinajstić information content (AvgIpc) is 2.66. The number of piperazine rings is 1. The van der Waals surface area contributed by atoms with Crippen molar-refractivity contribution in [2.45, 2.75) is 40.2 Å². The van der Waals surface area contributed by atoms with Gasteiger partial charge in [0, 0.05) is 50.4 Å². The maximum atomic E-state index is 13.0. The number of carbonyl (C=O) groups is 2. The Bertz CT molecular complexity index is 744. The Kier molecular flexibility index (Phi) is 6.24. The zero-order chi connectivity index (χ0) is 21.2. The molecule has 2 aliphatic heterocycles. The van der Waals surface area contributed by atoms with Crippen molar-refractivity contribution in [3.05, 3.63) is 29.8 Å². The molecule has 29 heavy (non-hydrogen) atoms. The summed E-state index contributed by atoms with van der Waals surface area (Å²) in [5.41, 5.74) is 0.921. The van der Waals surface area contributed by atoms with Crippen molar-refractivity contribution in [3.8, 4) is 0 Å². The van der Waals surface area contributed by atoms with Gasteiger partial charge < -0.3 is 23.8 Å². The highest BCUT2D eigenvalue weighted by molar-refractivity contribution is 6.61. The lowest BCUT2D eigenvalue weighted by atomic mass is 9.75. The topological polar surface area (TPSA) is 68.3 Å². The highest BCUT2D eigenvalue weighted by Crippen LogP contribution is 2.21. The zero-order valence-electron chi connectivity index (χ0n) is 18.1. The second kappa shape index (κ2) is 8.36. The van der Waals surface area contributed by atoms with Crippen molar-refractivity contribution < 1.29 is 23.6 Å². The zero-order valence-corrected chi connectivity index (χ0v) is 18.1. The van der Waals surface area contributed by atoms with Crippen LogP contribution in [0.1, 0.15) is 45.0 Å². The molecule has 0 saturated carbocycles. The van der Waals surface area contributed by atoms with Crippen LogP contribution in [0.3, 0.4) is 0 Å². The standard InChI is InChI=1S/C21H31BN2O5/c1-20(2,3)29-19(26)24-11-9-23(10-12-24)18(25)16-7-6-8-17(13-16)22-27-14-21(4,5)15-28-22/h6-8,13H,9-12,14-15H2,1-5H3. The van der Waals surface area contributed by atoms with Crippen LogP contribution in [0, 0.1) is 5.41 Å². The van der Waals surface area contributed by atoms with Gasteiger partial charge in [-0.25, -0.2) is 4.79 Å². The second-order valence-electron chi connectivity index (χ2n) is 9.50. The average molecular weight is 402 g/mol. The number of benzene rings is 1. The smallest absolute Gasteiger partial charge is 0.444 e. The van der Waals surface area contributed by atoms with Crippen molar-refractivity contribution in [3.63, 3.8) is 0 Å². The molecule has 0 bridgehead atoms. The Labute approximate surface area is 173 Å². The molecule has 0 radical (unpaired) electrons. The molecule has 8 heteroatoms. The van der Waals surface area contributed by atoms with E-state index in [1.54, 1.807) is 15.9 Å². The van der Waals surface area contributed by atoms with E-state index in [9.17, 15) is 9.59 Å². The minimum atomic E-state index is -0.525. The molecular weight excluding hydrogens is 371 g/mol. The summed E-state index contributed by atoms with van der Waals surface area (Å²) in [4.78, 5) is 28.6. The molecule has 2 saturated heterocycles. The third kappa shape index (κ3) is 5.73. The molecule has 0 aliphatic carbocycles. The van der Waals surface area contributed by atoms with Gasteiger partial charge in [0.15, 0.2) is 0 Å². The third-order valence-corrected chi connectivity index (χ3v) is 4.88. The number of rotatable bonds is 2. The maximum absolute atomic E-state index is 13.0. The van der Waals surface area contributed by atoms with Crippen LogP contribution in [0.4, 0.5) is 4.79 Å². The Morgan fingerprint density at radius 2 is 1.62 bits per heavy atom. The molecule has 0 aromatic heterocycles. The summed E-state index contributed by atoms with van der Waals surface area (Å²) in [6, 6.07) is 7.41. The molecule has 7 nitrogen and oxygen atoms in total. The molecule has 0 unspecified atom stereocenters. The van der Waals surface area contributed by atoms with Gasteiger partial charge in [-0.15, -0.1) is 0 Å². The first kappa shape index (κ1) is 21.6. The predicted molar refractivity (Wildman–Crippen MR) is 111 cm³/mol. The third-order valence-electron chi connectivity index (χ3n) is 4.88. The summed E-state index contributed by atoms with van der Waals surface area (Å²) in [5, 5.41) is 0. The van der Waals surface area contributed by atoms with E-state index in [4.69, 9.17) is 14.0 Å². The van der Waals surface area contributed by atoms with Crippen molar-refractivity contribution in [2.24, 2.45) is 5.41 Å². The fourth-order valence-electron chi connectivity index (χ4n) is 3.30. The van der Waals surface area contributed by atoms with Crippen LogP contribution in [-0.4, -0.2) is 73.9 Å². The van der Waals surface area contributed by atoms with Crippen LogP contribution in [0.5, 0.6) is 0 Å². The van der Waals surface area contributed by atoms with E-state index >= 15 is 0 Å². The SMILES string of the molecule is CC1(C)COB(c2cccc(C(=O)N3CCN(C(=O)OC(C)(C)C)CC3)c2)OC1. The van der Waals surface area contributed by atoms with Crippen LogP contribution >= 0.6 is 0 Å². The first-order valence-corrected chi connectivity index (χ1v) is 10.1. The monoisotopic (exact) mass is 402 g/mol. The number of hydrogen-bond acceptors (Lipinski definition) is 5. The fraction of sp³-hybridized carbons (Fsp3) is 0.619. The second-order valence-corrected chi connectivity index (χ2v) is 9.50. The van der Waals surface area contributed by atoms with E-state index in [0.717, 1.165) is 5.46 Å². The van der Waals surface area contributed by atoms with E-state index in [2.05, 4.69) is 13.8 Å². The van der Waals surface area contributed by atoms with Gasteiger partial charge in [0.2, 0.25) is 0 Å². The van der Waals surface area contributed by atoms with Crippen LogP contribution in [0.2, 0.25) is 0 Å². The summed E-state index contributed by atoms with van der Waals surface area (Å²) in [6.45, 7) is 12.8. The van der Waals surface area contributed by atoms with Gasteiger partial charge in [-0.3, -0.25) is 4.79 Å². The number of nitrogens with zero attached hydrogens (tertiary/aromatic N) is 2. The summed E-state index contributed by atoms with van der Waals surface area (Å²) in [6.07, 6.45) is -0.332. The van der Waals surface area contributed by atoms with Crippen LogP contribution in [0.25, 0.3) is 0 Å². The lowest BCUT2D eigenvalue weighted by Crippen LogP contribution is -2.52. The highest BCUT2D eigenvalue weighted by Gasteiger charge is 2.34. The molecule has 0 N–H and O–H groups in total. The van der Waals surface area contributed by atoms with E-state index in [-0.39, 0.29) is 17.4 Å². The first-order chi connectivity index (χ1) is 13.5. The quantitative estimate of drug-likeness (QED) is 0.710. The van der Waals surface area contributed by atoms with Gasteiger partial charge in [0.1, 0.15) is 5.60 Å². The van der Waals surface area contributed by atoms with Crippen LogP contribution in [-0.2, 0) is 14.0 Å². The summed E-state index contributed by atoms with van der Waals surface area (Å²) in [5.74, 6) is -0.0492. The minimum Gasteiger partial charge on any atom is -0.444 e. The van der Waals surface area contributed by atoms with Crippen molar-refractivity contribution >= 4 is 24.6 Å². The minimum absolute atomic E-state index is 0.00224. The van der Waals surface area contributed by atoms with Gasteiger partial charge in [-0.05, 0) is 38.4 Å². The molecule has 0 atom stereocenters. The summed E-state index contributed by atoms with van der Waals surface area (Å²) < 4.78 is 17.1. The maximum Gasteiger partial charge on any atom is 0.493 e. The van der Waals surface area contributed by atoms with Gasteiger partial charge in [0.05, 0.1) is 0 Å². The molecule has 1 aromatic carbocycles. The molecule has 3 rings (SSSR count). The van der Waals surface area contributed by atoms with Gasteiger partial charge in [-0.1, -0.05) is 26.0 Å². The van der Waals surface area contributed by atoms with E-state index in [0.29, 0.717) is 45.0 Å². The first-order valence-electron chi connectivity index (χ1n) is 10.1. The van der Waals surface area contributed by atoms with E-state index < -0.39 is 12.7 Å². The molecule has 2 aliphatic rings. The Hall–Kier alpha value is -2.06. The molecule has 2 fully saturated rings. The number of ether oxygens (including phenoxy) is 1. The lowest BCUT2D eigenvalue weighted by Gasteiger charge is -2.35. The van der Waals surface area contributed by atoms with Gasteiger partial charge >= 0.3 is 13.2 Å². The van der Waals surface area contributed by atoms with Gasteiger partial charge in [0.25, 0.3) is 5.91 Å². The van der Waals surface area contributed by atoms with Gasteiger partial charge in [-0.2, -0.15) is 0 Å². The Morgan fingerprint density at radius 3 is 2.21 bits per heavy atom. The predicted octanol–water partition coefficient (Wildman–Crippen LogP) is 2.15.